The lowest BCUT2D eigenvalue weighted by molar-refractivity contribution is 0.102. The van der Waals surface area contributed by atoms with Gasteiger partial charge in [-0.05, 0) is 30.5 Å². The number of rotatable bonds is 6. The summed E-state index contributed by atoms with van der Waals surface area (Å²) in [6, 6.07) is 8.64. The van der Waals surface area contributed by atoms with Gasteiger partial charge in [0.25, 0.3) is 11.5 Å². The first-order valence-corrected chi connectivity index (χ1v) is 10.8. The number of aromatic nitrogens is 4. The summed E-state index contributed by atoms with van der Waals surface area (Å²) in [6.45, 7) is 0. The van der Waals surface area contributed by atoms with Crippen LogP contribution in [0.15, 0.2) is 35.1 Å². The maximum absolute atomic E-state index is 12.6. The fourth-order valence-corrected chi connectivity index (χ4v) is 4.51. The van der Waals surface area contributed by atoms with Gasteiger partial charge in [0.05, 0.1) is 7.11 Å². The Morgan fingerprint density at radius 3 is 2.70 bits per heavy atom. The van der Waals surface area contributed by atoms with Gasteiger partial charge in [0, 0.05) is 18.4 Å². The average molecular weight is 426 g/mol. The van der Waals surface area contributed by atoms with Gasteiger partial charge in [-0.15, -0.1) is 10.2 Å². The van der Waals surface area contributed by atoms with Crippen molar-refractivity contribution in [1.82, 2.24) is 20.2 Å². The molecule has 3 aromatic rings. The van der Waals surface area contributed by atoms with Crippen LogP contribution in [0.5, 0.6) is 5.75 Å². The number of carbonyl (C=O) groups is 1. The van der Waals surface area contributed by atoms with Gasteiger partial charge < -0.3 is 9.72 Å². The number of carbonyl (C=O) groups excluding carboxylic acids is 1. The number of benzene rings is 1. The Morgan fingerprint density at radius 2 is 1.97 bits per heavy atom. The summed E-state index contributed by atoms with van der Waals surface area (Å²) < 4.78 is 5.15. The van der Waals surface area contributed by atoms with Gasteiger partial charge in [0.15, 0.2) is 0 Å². The molecule has 0 atom stereocenters. The number of nitrogens with one attached hydrogen (secondary N) is 2. The molecule has 9 heteroatoms. The second kappa shape index (κ2) is 9.17. The molecular formula is C21H23N5O3S. The predicted octanol–water partition coefficient (Wildman–Crippen LogP) is 3.52. The molecule has 0 saturated heterocycles. The summed E-state index contributed by atoms with van der Waals surface area (Å²) in [4.78, 5) is 31.7. The second-order valence-corrected chi connectivity index (χ2v) is 8.35. The number of nitrogens with zero attached hydrogens (tertiary/aromatic N) is 3. The highest BCUT2D eigenvalue weighted by Crippen LogP contribution is 2.35. The molecule has 1 aliphatic carbocycles. The van der Waals surface area contributed by atoms with E-state index in [0.29, 0.717) is 23.3 Å². The molecule has 1 aromatic carbocycles. The predicted molar refractivity (Wildman–Crippen MR) is 114 cm³/mol. The molecule has 0 bridgehead atoms. The third-order valence-corrected chi connectivity index (χ3v) is 6.17. The molecular weight excluding hydrogens is 402 g/mol. The van der Waals surface area contributed by atoms with Crippen LogP contribution in [0, 0.1) is 0 Å². The van der Waals surface area contributed by atoms with E-state index in [9.17, 15) is 9.59 Å². The maximum atomic E-state index is 12.6. The van der Waals surface area contributed by atoms with Crippen LogP contribution in [0.1, 0.15) is 64.9 Å². The monoisotopic (exact) mass is 425 g/mol. The van der Waals surface area contributed by atoms with E-state index in [2.05, 4.69) is 25.5 Å². The Labute approximate surface area is 177 Å². The highest BCUT2D eigenvalue weighted by Gasteiger charge is 2.21. The molecule has 0 spiro atoms. The normalized spacial score (nSPS) is 14.4. The number of hydrogen-bond acceptors (Lipinski definition) is 7. The summed E-state index contributed by atoms with van der Waals surface area (Å²) in [5, 5.41) is 12.5. The fourth-order valence-electron chi connectivity index (χ4n) is 3.61. The van der Waals surface area contributed by atoms with Crippen LogP contribution in [0.2, 0.25) is 0 Å². The molecule has 2 heterocycles. The summed E-state index contributed by atoms with van der Waals surface area (Å²) in [5.41, 5.74) is 0.619. The SMILES string of the molecule is COc1ccc(Cc2nc(C(=O)Nc3nnc(C4CCCCC4)s3)cc(=O)[nH]2)cc1. The molecule has 0 radical (unpaired) electrons. The van der Waals surface area contributed by atoms with Crippen molar-refractivity contribution in [1.29, 1.82) is 0 Å². The third kappa shape index (κ3) is 4.91. The number of aromatic amines is 1. The first kappa shape index (κ1) is 20.2. The summed E-state index contributed by atoms with van der Waals surface area (Å²) in [6.07, 6.45) is 6.32. The van der Waals surface area contributed by atoms with Gasteiger partial charge in [0.2, 0.25) is 5.13 Å². The van der Waals surface area contributed by atoms with Crippen molar-refractivity contribution >= 4 is 22.4 Å². The van der Waals surface area contributed by atoms with Crippen molar-refractivity contribution in [3.05, 3.63) is 62.8 Å². The number of hydrogen-bond donors (Lipinski definition) is 2. The average Bonchev–Trinajstić information content (AvgIpc) is 3.23. The van der Waals surface area contributed by atoms with E-state index in [1.54, 1.807) is 7.11 Å². The zero-order chi connectivity index (χ0) is 20.9. The molecule has 1 amide bonds. The fraction of sp³-hybridized carbons (Fsp3) is 0.381. The van der Waals surface area contributed by atoms with Crippen LogP contribution in [-0.2, 0) is 6.42 Å². The van der Waals surface area contributed by atoms with Crippen molar-refractivity contribution in [2.24, 2.45) is 0 Å². The van der Waals surface area contributed by atoms with Gasteiger partial charge in [0.1, 0.15) is 22.3 Å². The quantitative estimate of drug-likeness (QED) is 0.625. The minimum absolute atomic E-state index is 0.0525. The summed E-state index contributed by atoms with van der Waals surface area (Å²) in [5.74, 6) is 1.12. The Balaban J connectivity index is 1.46. The first-order chi connectivity index (χ1) is 14.6. The summed E-state index contributed by atoms with van der Waals surface area (Å²) in [7, 11) is 1.60. The van der Waals surface area contributed by atoms with Crippen LogP contribution >= 0.6 is 11.3 Å². The van der Waals surface area contributed by atoms with Crippen molar-refractivity contribution < 1.29 is 9.53 Å². The van der Waals surface area contributed by atoms with E-state index in [1.807, 2.05) is 24.3 Å². The van der Waals surface area contributed by atoms with Crippen molar-refractivity contribution in [2.45, 2.75) is 44.4 Å². The first-order valence-electron chi connectivity index (χ1n) is 9.98. The lowest BCUT2D eigenvalue weighted by Crippen LogP contribution is -2.20. The topological polar surface area (TPSA) is 110 Å². The van der Waals surface area contributed by atoms with Crippen LogP contribution in [0.3, 0.4) is 0 Å². The van der Waals surface area contributed by atoms with Gasteiger partial charge in [-0.3, -0.25) is 14.9 Å². The molecule has 4 rings (SSSR count). The van der Waals surface area contributed by atoms with E-state index in [-0.39, 0.29) is 11.3 Å². The van der Waals surface area contributed by atoms with Gasteiger partial charge in [-0.2, -0.15) is 0 Å². The number of amides is 1. The maximum Gasteiger partial charge on any atom is 0.276 e. The van der Waals surface area contributed by atoms with E-state index in [0.717, 1.165) is 29.2 Å². The van der Waals surface area contributed by atoms with Gasteiger partial charge in [-0.25, -0.2) is 4.98 Å². The van der Waals surface area contributed by atoms with Crippen LogP contribution in [0.4, 0.5) is 5.13 Å². The molecule has 30 heavy (non-hydrogen) atoms. The highest BCUT2D eigenvalue weighted by atomic mass is 32.1. The van der Waals surface area contributed by atoms with Gasteiger partial charge >= 0.3 is 0 Å². The Bertz CT molecular complexity index is 1070. The molecule has 8 nitrogen and oxygen atoms in total. The molecule has 2 N–H and O–H groups in total. The lowest BCUT2D eigenvalue weighted by atomic mass is 9.90. The molecule has 1 aliphatic rings. The van der Waals surface area contributed by atoms with Crippen LogP contribution in [-0.4, -0.2) is 33.2 Å². The number of anilines is 1. The number of ether oxygens (including phenoxy) is 1. The van der Waals surface area contributed by atoms with Crippen molar-refractivity contribution in [2.75, 3.05) is 12.4 Å². The molecule has 1 saturated carbocycles. The Kier molecular flexibility index (Phi) is 6.18. The van der Waals surface area contributed by atoms with Crippen LogP contribution < -0.4 is 15.6 Å². The molecule has 0 unspecified atom stereocenters. The Hall–Kier alpha value is -3.07. The molecule has 0 aliphatic heterocycles. The largest absolute Gasteiger partial charge is 0.497 e. The minimum Gasteiger partial charge on any atom is -0.497 e. The summed E-state index contributed by atoms with van der Waals surface area (Å²) >= 11 is 1.40. The lowest BCUT2D eigenvalue weighted by Gasteiger charge is -2.18. The van der Waals surface area contributed by atoms with E-state index in [1.165, 1.54) is 36.7 Å². The van der Waals surface area contributed by atoms with Crippen molar-refractivity contribution in [3.63, 3.8) is 0 Å². The third-order valence-electron chi connectivity index (χ3n) is 5.17. The highest BCUT2D eigenvalue weighted by molar-refractivity contribution is 7.15. The number of methoxy groups -OCH3 is 1. The van der Waals surface area contributed by atoms with Gasteiger partial charge in [-0.1, -0.05) is 42.7 Å². The smallest absolute Gasteiger partial charge is 0.276 e. The molecule has 1 fully saturated rings. The number of H-pyrrole nitrogens is 1. The second-order valence-electron chi connectivity index (χ2n) is 7.34. The van der Waals surface area contributed by atoms with E-state index < -0.39 is 5.91 Å². The molecule has 156 valence electrons. The zero-order valence-corrected chi connectivity index (χ0v) is 17.5. The van der Waals surface area contributed by atoms with Crippen LogP contribution in [0.25, 0.3) is 0 Å². The van der Waals surface area contributed by atoms with Crippen molar-refractivity contribution in [3.8, 4) is 5.75 Å². The molecule has 2 aromatic heterocycles. The standard InChI is InChI=1S/C21H23N5O3S/c1-29-15-9-7-13(8-10-15)11-17-22-16(12-18(27)23-17)19(28)24-21-26-25-20(30-21)14-5-3-2-4-6-14/h7-10,12,14H,2-6,11H2,1H3,(H,22,23,27)(H,24,26,28). The Morgan fingerprint density at radius 1 is 1.20 bits per heavy atom. The van der Waals surface area contributed by atoms with E-state index >= 15 is 0 Å². The zero-order valence-electron chi connectivity index (χ0n) is 16.7. The minimum atomic E-state index is -0.469. The van der Waals surface area contributed by atoms with E-state index in [4.69, 9.17) is 4.74 Å².